The molecule has 0 aliphatic heterocycles. The van der Waals surface area contributed by atoms with Crippen LogP contribution in [0.25, 0.3) is 0 Å². The Bertz CT molecular complexity index is 267. The van der Waals surface area contributed by atoms with Crippen LogP contribution in [0.2, 0.25) is 0 Å². The summed E-state index contributed by atoms with van der Waals surface area (Å²) in [6, 6.07) is 0. The van der Waals surface area contributed by atoms with Gasteiger partial charge < -0.3 is 0 Å². The molecule has 0 saturated heterocycles. The van der Waals surface area contributed by atoms with Gasteiger partial charge in [-0.3, -0.25) is 0 Å². The van der Waals surface area contributed by atoms with Gasteiger partial charge in [0.1, 0.15) is 0 Å². The summed E-state index contributed by atoms with van der Waals surface area (Å²) in [7, 11) is 0. The molecule has 0 heterocycles. The molecule has 0 aromatic carbocycles. The first-order valence-corrected chi connectivity index (χ1v) is 8.73. The molecule has 19 heavy (non-hydrogen) atoms. The minimum Gasteiger partial charge on any atom is -0.0651 e. The third-order valence-electron chi connectivity index (χ3n) is 6.74. The second kappa shape index (κ2) is 6.64. The highest BCUT2D eigenvalue weighted by Gasteiger charge is 2.52. The Morgan fingerprint density at radius 1 is 1.00 bits per heavy atom. The third kappa shape index (κ3) is 4.23. The minimum atomic E-state index is 0.671. The van der Waals surface area contributed by atoms with E-state index in [4.69, 9.17) is 0 Å². The molecule has 1 aliphatic rings. The monoisotopic (exact) mass is 266 g/mol. The molecule has 0 radical (unpaired) electrons. The zero-order chi connectivity index (χ0) is 14.8. The van der Waals surface area contributed by atoms with E-state index in [2.05, 4.69) is 55.4 Å². The van der Waals surface area contributed by atoms with Crippen molar-refractivity contribution in [1.29, 1.82) is 0 Å². The van der Waals surface area contributed by atoms with Gasteiger partial charge in [-0.2, -0.15) is 0 Å². The molecule has 1 fully saturated rings. The van der Waals surface area contributed by atoms with Gasteiger partial charge in [0, 0.05) is 0 Å². The van der Waals surface area contributed by atoms with E-state index in [1.165, 1.54) is 25.7 Å². The average molecular weight is 267 g/mol. The Hall–Kier alpha value is 0. The second-order valence-corrected chi connectivity index (χ2v) is 8.33. The lowest BCUT2D eigenvalue weighted by Gasteiger charge is -2.28. The van der Waals surface area contributed by atoms with Crippen molar-refractivity contribution in [1.82, 2.24) is 0 Å². The predicted molar refractivity (Wildman–Crippen MR) is 87.2 cm³/mol. The summed E-state index contributed by atoms with van der Waals surface area (Å²) >= 11 is 0. The Labute approximate surface area is 122 Å². The molecule has 6 atom stereocenters. The molecule has 0 amide bonds. The molecule has 1 saturated carbocycles. The van der Waals surface area contributed by atoms with E-state index >= 15 is 0 Å². The maximum Gasteiger partial charge on any atom is -0.0292 e. The maximum atomic E-state index is 2.55. The lowest BCUT2D eigenvalue weighted by Crippen LogP contribution is -2.20. The van der Waals surface area contributed by atoms with E-state index in [-0.39, 0.29) is 0 Å². The van der Waals surface area contributed by atoms with E-state index in [9.17, 15) is 0 Å². The lowest BCUT2D eigenvalue weighted by atomic mass is 9.78. The van der Waals surface area contributed by atoms with Gasteiger partial charge in [-0.15, -0.1) is 0 Å². The Kier molecular flexibility index (Phi) is 5.96. The maximum absolute atomic E-state index is 2.55. The fourth-order valence-electron chi connectivity index (χ4n) is 3.70. The minimum absolute atomic E-state index is 0.671. The van der Waals surface area contributed by atoms with E-state index in [0.717, 1.165) is 35.5 Å². The zero-order valence-electron chi connectivity index (χ0n) is 14.8. The van der Waals surface area contributed by atoms with Gasteiger partial charge in [-0.25, -0.2) is 0 Å². The van der Waals surface area contributed by atoms with E-state index in [0.29, 0.717) is 5.41 Å². The summed E-state index contributed by atoms with van der Waals surface area (Å²) in [4.78, 5) is 0. The molecule has 0 spiro atoms. The molecular formula is C19H38. The van der Waals surface area contributed by atoms with E-state index in [1.807, 2.05) is 0 Å². The highest BCUT2D eigenvalue weighted by molar-refractivity contribution is 5.02. The first-order chi connectivity index (χ1) is 8.73. The largest absolute Gasteiger partial charge is 0.0651 e. The van der Waals surface area contributed by atoms with Gasteiger partial charge in [0.05, 0.1) is 0 Å². The normalized spacial score (nSPS) is 33.0. The molecule has 0 N–H and O–H groups in total. The van der Waals surface area contributed by atoms with Crippen LogP contribution < -0.4 is 0 Å². The molecule has 6 unspecified atom stereocenters. The molecule has 114 valence electrons. The van der Waals surface area contributed by atoms with Crippen molar-refractivity contribution in [3.05, 3.63) is 0 Å². The number of hydrogen-bond donors (Lipinski definition) is 0. The smallest absolute Gasteiger partial charge is 0.0292 e. The van der Waals surface area contributed by atoms with Crippen molar-refractivity contribution in [2.45, 2.75) is 81.1 Å². The molecule has 0 aromatic heterocycles. The molecule has 0 nitrogen and oxygen atoms in total. The highest BCUT2D eigenvalue weighted by Crippen LogP contribution is 2.61. The topological polar surface area (TPSA) is 0 Å². The number of hydrogen-bond acceptors (Lipinski definition) is 0. The van der Waals surface area contributed by atoms with Crippen LogP contribution in [0, 0.1) is 40.9 Å². The van der Waals surface area contributed by atoms with Crippen LogP contribution in [-0.2, 0) is 0 Å². The molecule has 1 aliphatic carbocycles. The molecule has 0 aromatic rings. The van der Waals surface area contributed by atoms with Crippen molar-refractivity contribution < 1.29 is 0 Å². The first-order valence-electron chi connectivity index (χ1n) is 8.73. The molecule has 0 heteroatoms. The predicted octanol–water partition coefficient (Wildman–Crippen LogP) is 6.40. The Balaban J connectivity index is 2.43. The SMILES string of the molecule is CCC(C)C(C)C(C)C1CC1(C)CCC(C)C(C)C. The summed E-state index contributed by atoms with van der Waals surface area (Å²) in [5, 5.41) is 0. The number of rotatable bonds is 8. The fraction of sp³-hybridized carbons (Fsp3) is 1.00. The van der Waals surface area contributed by atoms with Crippen LogP contribution in [-0.4, -0.2) is 0 Å². The van der Waals surface area contributed by atoms with Crippen LogP contribution in [0.4, 0.5) is 0 Å². The fourth-order valence-corrected chi connectivity index (χ4v) is 3.70. The molecular weight excluding hydrogens is 228 g/mol. The average Bonchev–Trinajstić information content (AvgIpc) is 3.05. The van der Waals surface area contributed by atoms with Crippen molar-refractivity contribution >= 4 is 0 Å². The third-order valence-corrected chi connectivity index (χ3v) is 6.74. The van der Waals surface area contributed by atoms with Gasteiger partial charge in [0.25, 0.3) is 0 Å². The summed E-state index contributed by atoms with van der Waals surface area (Å²) in [5.74, 6) is 5.41. The van der Waals surface area contributed by atoms with Gasteiger partial charge >= 0.3 is 0 Å². The van der Waals surface area contributed by atoms with Gasteiger partial charge in [0.15, 0.2) is 0 Å². The lowest BCUT2D eigenvalue weighted by molar-refractivity contribution is 0.216. The standard InChI is InChI=1S/C19H38/c1-9-14(4)16(6)17(7)18-12-19(18,8)11-10-15(5)13(2)3/h13-18H,9-12H2,1-8H3. The first kappa shape index (κ1) is 17.1. The van der Waals surface area contributed by atoms with Gasteiger partial charge in [-0.05, 0) is 60.2 Å². The van der Waals surface area contributed by atoms with Crippen LogP contribution in [0.3, 0.4) is 0 Å². The van der Waals surface area contributed by atoms with E-state index < -0.39 is 0 Å². The molecule has 0 bridgehead atoms. The van der Waals surface area contributed by atoms with Crippen LogP contribution >= 0.6 is 0 Å². The summed E-state index contributed by atoms with van der Waals surface area (Å²) < 4.78 is 0. The highest BCUT2D eigenvalue weighted by atomic mass is 14.6. The van der Waals surface area contributed by atoms with E-state index in [1.54, 1.807) is 0 Å². The van der Waals surface area contributed by atoms with Crippen LogP contribution in [0.15, 0.2) is 0 Å². The Morgan fingerprint density at radius 3 is 2.05 bits per heavy atom. The van der Waals surface area contributed by atoms with Crippen LogP contribution in [0.1, 0.15) is 81.1 Å². The van der Waals surface area contributed by atoms with Gasteiger partial charge in [-0.1, -0.05) is 61.8 Å². The zero-order valence-corrected chi connectivity index (χ0v) is 14.8. The second-order valence-electron chi connectivity index (χ2n) is 8.33. The van der Waals surface area contributed by atoms with Gasteiger partial charge in [0.2, 0.25) is 0 Å². The summed E-state index contributed by atoms with van der Waals surface area (Å²) in [6.45, 7) is 19.5. The summed E-state index contributed by atoms with van der Waals surface area (Å²) in [6.07, 6.45) is 5.70. The van der Waals surface area contributed by atoms with Crippen molar-refractivity contribution in [2.24, 2.45) is 40.9 Å². The van der Waals surface area contributed by atoms with Crippen molar-refractivity contribution in [3.8, 4) is 0 Å². The quantitative estimate of drug-likeness (QED) is 0.476. The Morgan fingerprint density at radius 2 is 1.58 bits per heavy atom. The van der Waals surface area contributed by atoms with Crippen molar-refractivity contribution in [2.75, 3.05) is 0 Å². The van der Waals surface area contributed by atoms with Crippen LogP contribution in [0.5, 0.6) is 0 Å². The molecule has 1 rings (SSSR count). The summed E-state index contributed by atoms with van der Waals surface area (Å²) in [5.41, 5.74) is 0.671. The van der Waals surface area contributed by atoms with Crippen molar-refractivity contribution in [3.63, 3.8) is 0 Å².